The van der Waals surface area contributed by atoms with Gasteiger partial charge in [0.2, 0.25) is 0 Å². The van der Waals surface area contributed by atoms with Gasteiger partial charge in [0, 0.05) is 19.0 Å². The maximum absolute atomic E-state index is 13.7. The molecule has 1 saturated carbocycles. The van der Waals surface area contributed by atoms with Crippen molar-refractivity contribution < 1.29 is 31.5 Å². The molecule has 1 aliphatic carbocycles. The van der Waals surface area contributed by atoms with Crippen LogP contribution in [0.3, 0.4) is 0 Å². The standard InChI is InChI=1S/C15H14F5NO2/c1-2-23-15(22)8(6-21-11-5-9(11)16)3-7-4-10(17)13(19)14(20)12(7)18/h4,6,9,11,21H,2-3,5H2,1H3. The lowest BCUT2D eigenvalue weighted by molar-refractivity contribution is -0.138. The zero-order valence-electron chi connectivity index (χ0n) is 12.1. The van der Waals surface area contributed by atoms with Crippen LogP contribution in [-0.4, -0.2) is 24.8 Å². The third kappa shape index (κ3) is 4.00. The molecule has 0 amide bonds. The Balaban J connectivity index is 2.25. The predicted octanol–water partition coefficient (Wildman–Crippen LogP) is 2.93. The van der Waals surface area contributed by atoms with E-state index in [1.54, 1.807) is 6.92 Å². The summed E-state index contributed by atoms with van der Waals surface area (Å²) in [4.78, 5) is 11.8. The molecule has 0 heterocycles. The number of carbonyl (C=O) groups is 1. The Hall–Kier alpha value is -2.12. The number of benzene rings is 1. The summed E-state index contributed by atoms with van der Waals surface area (Å²) in [5, 5.41) is 2.60. The Kier molecular flexibility index (Phi) is 5.23. The quantitative estimate of drug-likeness (QED) is 0.286. The molecule has 0 spiro atoms. The van der Waals surface area contributed by atoms with E-state index in [1.807, 2.05) is 0 Å². The Morgan fingerprint density at radius 2 is 1.96 bits per heavy atom. The Morgan fingerprint density at radius 1 is 1.30 bits per heavy atom. The molecular weight excluding hydrogens is 321 g/mol. The second-order valence-electron chi connectivity index (χ2n) is 5.05. The second-order valence-corrected chi connectivity index (χ2v) is 5.05. The summed E-state index contributed by atoms with van der Waals surface area (Å²) >= 11 is 0. The first-order chi connectivity index (χ1) is 10.8. The highest BCUT2D eigenvalue weighted by molar-refractivity contribution is 5.88. The maximum atomic E-state index is 13.7. The summed E-state index contributed by atoms with van der Waals surface area (Å²) in [6, 6.07) is 0.00145. The molecule has 0 radical (unpaired) electrons. The molecule has 2 rings (SSSR count). The van der Waals surface area contributed by atoms with E-state index in [0.717, 1.165) is 6.20 Å². The zero-order valence-corrected chi connectivity index (χ0v) is 12.1. The van der Waals surface area contributed by atoms with Crippen LogP contribution in [0.2, 0.25) is 0 Å². The highest BCUT2D eigenvalue weighted by Crippen LogP contribution is 2.26. The normalized spacial score (nSPS) is 20.3. The van der Waals surface area contributed by atoms with Crippen LogP contribution in [0, 0.1) is 23.3 Å². The first kappa shape index (κ1) is 17.2. The zero-order chi connectivity index (χ0) is 17.1. The van der Waals surface area contributed by atoms with Crippen LogP contribution in [0.4, 0.5) is 22.0 Å². The minimum Gasteiger partial charge on any atom is -0.463 e. The summed E-state index contributed by atoms with van der Waals surface area (Å²) in [6.45, 7) is 1.57. The van der Waals surface area contributed by atoms with E-state index in [9.17, 15) is 26.7 Å². The lowest BCUT2D eigenvalue weighted by atomic mass is 10.0. The number of halogens is 5. The highest BCUT2D eigenvalue weighted by atomic mass is 19.2. The summed E-state index contributed by atoms with van der Waals surface area (Å²) in [5.74, 6) is -7.89. The third-order valence-corrected chi connectivity index (χ3v) is 3.28. The van der Waals surface area contributed by atoms with Crippen LogP contribution < -0.4 is 5.32 Å². The van der Waals surface area contributed by atoms with Gasteiger partial charge in [-0.2, -0.15) is 0 Å². The number of ether oxygens (including phenoxy) is 1. The van der Waals surface area contributed by atoms with Gasteiger partial charge in [-0.1, -0.05) is 0 Å². The minimum absolute atomic E-state index is 0.0277. The third-order valence-electron chi connectivity index (χ3n) is 3.28. The van der Waals surface area contributed by atoms with Crippen LogP contribution in [0.1, 0.15) is 18.9 Å². The van der Waals surface area contributed by atoms with Crippen LogP contribution in [0.25, 0.3) is 0 Å². The number of hydrogen-bond acceptors (Lipinski definition) is 3. The molecule has 1 fully saturated rings. The van der Waals surface area contributed by atoms with Crippen LogP contribution in [-0.2, 0) is 16.0 Å². The number of esters is 1. The SMILES string of the molecule is CCOC(=O)C(=CNC1CC1F)Cc1cc(F)c(F)c(F)c1F. The fourth-order valence-electron chi connectivity index (χ4n) is 1.91. The average molecular weight is 335 g/mol. The van der Waals surface area contributed by atoms with Crippen molar-refractivity contribution in [3.05, 3.63) is 46.7 Å². The Labute approximate surface area is 129 Å². The van der Waals surface area contributed by atoms with Crippen LogP contribution >= 0.6 is 0 Å². The molecule has 8 heteroatoms. The van der Waals surface area contributed by atoms with Crippen molar-refractivity contribution in [2.75, 3.05) is 6.61 Å². The van der Waals surface area contributed by atoms with Crippen LogP contribution in [0.15, 0.2) is 17.8 Å². The van der Waals surface area contributed by atoms with Crippen LogP contribution in [0.5, 0.6) is 0 Å². The van der Waals surface area contributed by atoms with Gasteiger partial charge < -0.3 is 10.1 Å². The molecular formula is C15H14F5NO2. The number of carbonyl (C=O) groups excluding carboxylic acids is 1. The molecule has 126 valence electrons. The summed E-state index contributed by atoms with van der Waals surface area (Å²) in [6.07, 6.45) is -0.191. The van der Waals surface area contributed by atoms with E-state index < -0.39 is 53.4 Å². The van der Waals surface area contributed by atoms with Gasteiger partial charge in [0.15, 0.2) is 23.3 Å². The van der Waals surface area contributed by atoms with Crippen molar-refractivity contribution >= 4 is 5.97 Å². The number of nitrogens with one attached hydrogen (secondary N) is 1. The predicted molar refractivity (Wildman–Crippen MR) is 71.1 cm³/mol. The fourth-order valence-corrected chi connectivity index (χ4v) is 1.91. The van der Waals surface area contributed by atoms with Crippen molar-refractivity contribution in [1.82, 2.24) is 5.32 Å². The van der Waals surface area contributed by atoms with E-state index in [-0.39, 0.29) is 18.6 Å². The largest absolute Gasteiger partial charge is 0.463 e. The molecule has 1 aliphatic rings. The summed E-state index contributed by atoms with van der Waals surface area (Å²) in [7, 11) is 0. The molecule has 23 heavy (non-hydrogen) atoms. The van der Waals surface area contributed by atoms with Crippen molar-refractivity contribution in [1.29, 1.82) is 0 Å². The van der Waals surface area contributed by atoms with Gasteiger partial charge in [0.1, 0.15) is 6.17 Å². The van der Waals surface area contributed by atoms with Gasteiger partial charge in [0.05, 0.1) is 18.2 Å². The molecule has 3 nitrogen and oxygen atoms in total. The number of hydrogen-bond donors (Lipinski definition) is 1. The number of alkyl halides is 1. The monoisotopic (exact) mass is 335 g/mol. The van der Waals surface area contributed by atoms with E-state index in [0.29, 0.717) is 6.07 Å². The second kappa shape index (κ2) is 6.97. The first-order valence-electron chi connectivity index (χ1n) is 6.93. The van der Waals surface area contributed by atoms with E-state index >= 15 is 0 Å². The van der Waals surface area contributed by atoms with E-state index in [1.165, 1.54) is 0 Å². The lowest BCUT2D eigenvalue weighted by Gasteiger charge is -2.10. The topological polar surface area (TPSA) is 38.3 Å². The molecule has 1 aromatic carbocycles. The molecule has 0 aromatic heterocycles. The molecule has 0 saturated heterocycles. The Morgan fingerprint density at radius 3 is 2.52 bits per heavy atom. The molecule has 2 unspecified atom stereocenters. The lowest BCUT2D eigenvalue weighted by Crippen LogP contribution is -2.18. The maximum Gasteiger partial charge on any atom is 0.335 e. The van der Waals surface area contributed by atoms with Crippen molar-refractivity contribution in [3.8, 4) is 0 Å². The minimum atomic E-state index is -1.96. The number of rotatable bonds is 6. The Bertz CT molecular complexity index is 647. The van der Waals surface area contributed by atoms with Gasteiger partial charge >= 0.3 is 5.97 Å². The van der Waals surface area contributed by atoms with Crippen molar-refractivity contribution in [2.45, 2.75) is 32.0 Å². The van der Waals surface area contributed by atoms with Gasteiger partial charge in [-0.15, -0.1) is 0 Å². The molecule has 2 atom stereocenters. The van der Waals surface area contributed by atoms with Gasteiger partial charge in [-0.3, -0.25) is 0 Å². The smallest absolute Gasteiger partial charge is 0.335 e. The molecule has 1 N–H and O–H groups in total. The van der Waals surface area contributed by atoms with Gasteiger partial charge in [-0.05, 0) is 18.6 Å². The summed E-state index contributed by atoms with van der Waals surface area (Å²) < 4.78 is 70.6. The van der Waals surface area contributed by atoms with E-state index in [2.05, 4.69) is 5.32 Å². The molecule has 0 bridgehead atoms. The van der Waals surface area contributed by atoms with Gasteiger partial charge in [-0.25, -0.2) is 26.7 Å². The van der Waals surface area contributed by atoms with Crippen molar-refractivity contribution in [3.63, 3.8) is 0 Å². The van der Waals surface area contributed by atoms with Gasteiger partial charge in [0.25, 0.3) is 0 Å². The summed E-state index contributed by atoms with van der Waals surface area (Å²) in [5.41, 5.74) is -0.703. The molecule has 1 aromatic rings. The molecule has 0 aliphatic heterocycles. The highest BCUT2D eigenvalue weighted by Gasteiger charge is 2.36. The van der Waals surface area contributed by atoms with Crippen molar-refractivity contribution in [2.24, 2.45) is 0 Å². The first-order valence-corrected chi connectivity index (χ1v) is 6.93. The average Bonchev–Trinajstić information content (AvgIpc) is 3.22. The van der Waals surface area contributed by atoms with E-state index in [4.69, 9.17) is 4.74 Å². The fraction of sp³-hybridized carbons (Fsp3) is 0.400.